The van der Waals surface area contributed by atoms with E-state index in [0.717, 1.165) is 5.56 Å². The van der Waals surface area contributed by atoms with Crippen LogP contribution in [-0.2, 0) is 0 Å². The second-order valence-electron chi connectivity index (χ2n) is 4.10. The molecule has 0 saturated carbocycles. The molecule has 2 aromatic rings. The lowest BCUT2D eigenvalue weighted by Crippen LogP contribution is -2.12. The van der Waals surface area contributed by atoms with Crippen molar-refractivity contribution in [3.05, 3.63) is 57.0 Å². The number of carbonyl (C=O) groups is 1. The molecule has 3 nitrogen and oxygen atoms in total. The minimum atomic E-state index is -0.325. The van der Waals surface area contributed by atoms with Crippen molar-refractivity contribution in [1.29, 1.82) is 0 Å². The van der Waals surface area contributed by atoms with Crippen molar-refractivity contribution in [2.75, 3.05) is 5.32 Å². The van der Waals surface area contributed by atoms with Crippen LogP contribution in [0.5, 0.6) is 5.75 Å². The molecule has 2 aromatic carbocycles. The average Bonchev–Trinajstić information content (AvgIpc) is 2.36. The number of benzene rings is 2. The van der Waals surface area contributed by atoms with Crippen molar-refractivity contribution in [3.63, 3.8) is 0 Å². The van der Waals surface area contributed by atoms with Gasteiger partial charge in [0.2, 0.25) is 0 Å². The third kappa shape index (κ3) is 3.28. The minimum Gasteiger partial charge on any atom is -0.507 e. The van der Waals surface area contributed by atoms with Crippen LogP contribution in [-0.4, -0.2) is 11.0 Å². The molecule has 0 saturated heterocycles. The monoisotopic (exact) mass is 339 g/mol. The largest absolute Gasteiger partial charge is 0.507 e. The van der Waals surface area contributed by atoms with Crippen molar-refractivity contribution in [3.8, 4) is 5.75 Å². The molecule has 0 aliphatic heterocycles. The molecule has 0 aliphatic rings. The average molecular weight is 341 g/mol. The molecule has 0 radical (unpaired) electrons. The van der Waals surface area contributed by atoms with Gasteiger partial charge in [-0.05, 0) is 58.7 Å². The SMILES string of the molecule is Cc1ccc(NC(=O)c2ccc(Br)c(O)c2)c(Cl)c1. The highest BCUT2D eigenvalue weighted by Crippen LogP contribution is 2.26. The summed E-state index contributed by atoms with van der Waals surface area (Å²) in [5, 5.41) is 12.7. The van der Waals surface area contributed by atoms with Gasteiger partial charge in [0.1, 0.15) is 5.75 Å². The van der Waals surface area contributed by atoms with E-state index in [2.05, 4.69) is 21.2 Å². The summed E-state index contributed by atoms with van der Waals surface area (Å²) in [6, 6.07) is 9.99. The van der Waals surface area contributed by atoms with Crippen LogP contribution in [0, 0.1) is 6.92 Å². The van der Waals surface area contributed by atoms with Crippen LogP contribution in [0.3, 0.4) is 0 Å². The summed E-state index contributed by atoms with van der Waals surface area (Å²) in [5.74, 6) is -0.309. The van der Waals surface area contributed by atoms with Gasteiger partial charge >= 0.3 is 0 Å². The molecular formula is C14H11BrClNO2. The number of hydrogen-bond acceptors (Lipinski definition) is 2. The quantitative estimate of drug-likeness (QED) is 0.853. The second kappa shape index (κ2) is 5.63. The Morgan fingerprint density at radius 3 is 2.63 bits per heavy atom. The fourth-order valence-corrected chi connectivity index (χ4v) is 2.10. The predicted octanol–water partition coefficient (Wildman–Crippen LogP) is 4.37. The number of anilines is 1. The third-order valence-corrected chi connectivity index (χ3v) is 3.56. The summed E-state index contributed by atoms with van der Waals surface area (Å²) >= 11 is 9.21. The Balaban J connectivity index is 2.23. The molecule has 2 rings (SSSR count). The number of halogens is 2. The number of phenolic OH excluding ortho intramolecular Hbond substituents is 1. The lowest BCUT2D eigenvalue weighted by Gasteiger charge is -2.08. The van der Waals surface area contributed by atoms with Crippen LogP contribution < -0.4 is 5.32 Å². The maximum Gasteiger partial charge on any atom is 0.255 e. The van der Waals surface area contributed by atoms with E-state index >= 15 is 0 Å². The number of phenols is 1. The standard InChI is InChI=1S/C14H11BrClNO2/c1-8-2-5-12(11(16)6-8)17-14(19)9-3-4-10(15)13(18)7-9/h2-7,18H,1H3,(H,17,19). The van der Waals surface area contributed by atoms with E-state index in [1.807, 2.05) is 13.0 Å². The Labute approximate surface area is 124 Å². The molecule has 0 fully saturated rings. The summed E-state index contributed by atoms with van der Waals surface area (Å²) in [6.45, 7) is 1.92. The lowest BCUT2D eigenvalue weighted by molar-refractivity contribution is 0.102. The Morgan fingerprint density at radius 1 is 1.26 bits per heavy atom. The number of carbonyl (C=O) groups excluding carboxylic acids is 1. The maximum absolute atomic E-state index is 12.0. The van der Waals surface area contributed by atoms with Crippen molar-refractivity contribution < 1.29 is 9.90 Å². The lowest BCUT2D eigenvalue weighted by atomic mass is 10.2. The van der Waals surface area contributed by atoms with Gasteiger partial charge in [0.25, 0.3) is 5.91 Å². The number of aryl methyl sites for hydroxylation is 1. The van der Waals surface area contributed by atoms with Crippen LogP contribution in [0.15, 0.2) is 40.9 Å². The minimum absolute atomic E-state index is 0.0163. The predicted molar refractivity (Wildman–Crippen MR) is 79.9 cm³/mol. The number of rotatable bonds is 2. The van der Waals surface area contributed by atoms with Crippen molar-refractivity contribution >= 4 is 39.1 Å². The van der Waals surface area contributed by atoms with Crippen molar-refractivity contribution in [2.45, 2.75) is 6.92 Å². The molecule has 0 bridgehead atoms. The number of aromatic hydroxyl groups is 1. The van der Waals surface area contributed by atoms with Crippen LogP contribution in [0.1, 0.15) is 15.9 Å². The van der Waals surface area contributed by atoms with E-state index < -0.39 is 0 Å². The fourth-order valence-electron chi connectivity index (χ4n) is 1.57. The first-order valence-corrected chi connectivity index (χ1v) is 6.70. The third-order valence-electron chi connectivity index (χ3n) is 2.58. The zero-order chi connectivity index (χ0) is 14.0. The normalized spacial score (nSPS) is 10.3. The van der Waals surface area contributed by atoms with Crippen LogP contribution in [0.25, 0.3) is 0 Å². The van der Waals surface area contributed by atoms with Crippen LogP contribution in [0.4, 0.5) is 5.69 Å². The van der Waals surface area contributed by atoms with E-state index in [-0.39, 0.29) is 11.7 Å². The van der Waals surface area contributed by atoms with E-state index in [1.54, 1.807) is 24.3 Å². The van der Waals surface area contributed by atoms with Gasteiger partial charge in [-0.1, -0.05) is 17.7 Å². The Morgan fingerprint density at radius 2 is 2.00 bits per heavy atom. The van der Waals surface area contributed by atoms with Gasteiger partial charge in [-0.15, -0.1) is 0 Å². The van der Waals surface area contributed by atoms with Crippen LogP contribution >= 0.6 is 27.5 Å². The fraction of sp³-hybridized carbons (Fsp3) is 0.0714. The molecule has 1 amide bonds. The van der Waals surface area contributed by atoms with Crippen LogP contribution in [0.2, 0.25) is 5.02 Å². The molecule has 0 aliphatic carbocycles. The molecule has 5 heteroatoms. The maximum atomic E-state index is 12.0. The zero-order valence-electron chi connectivity index (χ0n) is 10.1. The van der Waals surface area contributed by atoms with Gasteiger partial charge in [0, 0.05) is 5.56 Å². The topological polar surface area (TPSA) is 49.3 Å². The number of hydrogen-bond donors (Lipinski definition) is 2. The summed E-state index contributed by atoms with van der Waals surface area (Å²) < 4.78 is 0.539. The van der Waals surface area contributed by atoms with Gasteiger partial charge in [0.05, 0.1) is 15.2 Å². The Hall–Kier alpha value is -1.52. The molecule has 98 valence electrons. The van der Waals surface area contributed by atoms with E-state index in [1.165, 1.54) is 6.07 Å². The van der Waals surface area contributed by atoms with E-state index in [0.29, 0.717) is 20.7 Å². The van der Waals surface area contributed by atoms with Crippen molar-refractivity contribution in [2.24, 2.45) is 0 Å². The highest BCUT2D eigenvalue weighted by atomic mass is 79.9. The number of nitrogens with one attached hydrogen (secondary N) is 1. The summed E-state index contributed by atoms with van der Waals surface area (Å²) in [5.41, 5.74) is 1.92. The molecule has 0 aromatic heterocycles. The van der Waals surface area contributed by atoms with Gasteiger partial charge in [-0.25, -0.2) is 0 Å². The molecule has 2 N–H and O–H groups in total. The summed E-state index contributed by atoms with van der Waals surface area (Å²) in [7, 11) is 0. The molecule has 0 atom stereocenters. The highest BCUT2D eigenvalue weighted by molar-refractivity contribution is 9.10. The van der Waals surface area contributed by atoms with Gasteiger partial charge < -0.3 is 10.4 Å². The molecule has 19 heavy (non-hydrogen) atoms. The van der Waals surface area contributed by atoms with E-state index in [9.17, 15) is 9.90 Å². The van der Waals surface area contributed by atoms with Gasteiger partial charge in [0.15, 0.2) is 0 Å². The first-order valence-electron chi connectivity index (χ1n) is 5.53. The van der Waals surface area contributed by atoms with E-state index in [4.69, 9.17) is 11.6 Å². The Kier molecular flexibility index (Phi) is 4.12. The Bertz CT molecular complexity index is 643. The highest BCUT2D eigenvalue weighted by Gasteiger charge is 2.10. The summed E-state index contributed by atoms with van der Waals surface area (Å²) in [6.07, 6.45) is 0. The zero-order valence-corrected chi connectivity index (χ0v) is 12.4. The van der Waals surface area contributed by atoms with Gasteiger partial charge in [-0.3, -0.25) is 4.79 Å². The molecular weight excluding hydrogens is 330 g/mol. The molecule has 0 heterocycles. The van der Waals surface area contributed by atoms with Gasteiger partial charge in [-0.2, -0.15) is 0 Å². The number of amides is 1. The first kappa shape index (κ1) is 13.9. The first-order chi connectivity index (χ1) is 8.97. The summed E-state index contributed by atoms with van der Waals surface area (Å²) in [4.78, 5) is 12.0. The molecule has 0 unspecified atom stereocenters. The van der Waals surface area contributed by atoms with Crippen molar-refractivity contribution in [1.82, 2.24) is 0 Å². The smallest absolute Gasteiger partial charge is 0.255 e. The second-order valence-corrected chi connectivity index (χ2v) is 5.37. The molecule has 0 spiro atoms.